The zero-order valence-electron chi connectivity index (χ0n) is 13.5. The average Bonchev–Trinajstić information content (AvgIpc) is 3.00. The maximum atomic E-state index is 12.3. The molecule has 0 spiro atoms. The Balaban J connectivity index is 1.92. The van der Waals surface area contributed by atoms with Crippen molar-refractivity contribution in [1.29, 1.82) is 5.26 Å². The van der Waals surface area contributed by atoms with Crippen molar-refractivity contribution in [3.8, 4) is 11.9 Å². The fourth-order valence-electron chi connectivity index (χ4n) is 3.43. The molecule has 0 unspecified atom stereocenters. The fraction of sp³-hybridized carbons (Fsp3) is 0.111. The number of pyridine rings is 1. The highest BCUT2D eigenvalue weighted by atomic mass is 32.1. The van der Waals surface area contributed by atoms with E-state index in [1.807, 2.05) is 35.6 Å². The summed E-state index contributed by atoms with van der Waals surface area (Å²) in [5, 5.41) is 15.4. The standard InChI is InChI=1S/C18H11N5O2S/c1-8-9-6-10-15(24)21-18(26)22-16(10)25-17(9)23-13-5-3-2-4-12(13)20-14(23)11(8)7-19/h2-6,16H,1H3,(H2,21,22,24,26)/t16-/m1/s1. The van der Waals surface area contributed by atoms with E-state index < -0.39 is 6.23 Å². The van der Waals surface area contributed by atoms with Crippen LogP contribution in [-0.4, -0.2) is 26.6 Å². The maximum absolute atomic E-state index is 12.3. The van der Waals surface area contributed by atoms with Gasteiger partial charge in [0.05, 0.1) is 22.2 Å². The van der Waals surface area contributed by atoms with Crippen molar-refractivity contribution in [3.63, 3.8) is 0 Å². The molecule has 26 heavy (non-hydrogen) atoms. The van der Waals surface area contributed by atoms with Crippen molar-refractivity contribution in [2.75, 3.05) is 0 Å². The van der Waals surface area contributed by atoms with E-state index in [2.05, 4.69) is 21.7 Å². The number of para-hydroxylation sites is 2. The molecule has 2 aliphatic rings. The number of aromatic nitrogens is 2. The Bertz CT molecular complexity index is 1230. The van der Waals surface area contributed by atoms with E-state index in [1.165, 1.54) is 0 Å². The van der Waals surface area contributed by atoms with Gasteiger partial charge in [-0.1, -0.05) is 12.1 Å². The van der Waals surface area contributed by atoms with Gasteiger partial charge in [0.2, 0.25) is 12.1 Å². The molecule has 7 nitrogen and oxygen atoms in total. The lowest BCUT2D eigenvalue weighted by Gasteiger charge is -2.32. The van der Waals surface area contributed by atoms with Gasteiger partial charge >= 0.3 is 0 Å². The molecular formula is C18H11N5O2S. The molecule has 0 saturated carbocycles. The minimum atomic E-state index is -0.680. The number of ether oxygens (including phenoxy) is 1. The van der Waals surface area contributed by atoms with Crippen LogP contribution in [0.5, 0.6) is 5.88 Å². The van der Waals surface area contributed by atoms with E-state index in [-0.39, 0.29) is 11.0 Å². The van der Waals surface area contributed by atoms with E-state index >= 15 is 0 Å². The fourth-order valence-corrected chi connectivity index (χ4v) is 3.63. The lowest BCUT2D eigenvalue weighted by Crippen LogP contribution is -2.56. The second-order valence-electron chi connectivity index (χ2n) is 6.12. The van der Waals surface area contributed by atoms with Crippen molar-refractivity contribution in [1.82, 2.24) is 20.0 Å². The molecule has 5 rings (SSSR count). The first kappa shape index (κ1) is 14.9. The molecule has 1 aromatic carbocycles. The smallest absolute Gasteiger partial charge is 0.259 e. The van der Waals surface area contributed by atoms with Gasteiger partial charge in [0.1, 0.15) is 6.07 Å². The SMILES string of the molecule is Cc1c2c(n3c(nc4ccccc43)c1C#N)O[C@H]1NC(=S)NC(=O)C1=C2. The number of fused-ring (bicyclic) bond motifs is 6. The molecule has 0 bridgehead atoms. The third-order valence-electron chi connectivity index (χ3n) is 4.67. The van der Waals surface area contributed by atoms with Gasteiger partial charge in [-0.15, -0.1) is 0 Å². The van der Waals surface area contributed by atoms with Gasteiger partial charge in [-0.25, -0.2) is 4.98 Å². The Kier molecular flexibility index (Phi) is 2.88. The largest absolute Gasteiger partial charge is 0.450 e. The summed E-state index contributed by atoms with van der Waals surface area (Å²) in [6.07, 6.45) is 1.07. The van der Waals surface area contributed by atoms with Crippen LogP contribution in [0.1, 0.15) is 16.7 Å². The van der Waals surface area contributed by atoms with Crippen LogP contribution in [0.3, 0.4) is 0 Å². The second kappa shape index (κ2) is 5.03. The number of amides is 1. The molecule has 2 aliphatic heterocycles. The monoisotopic (exact) mass is 361 g/mol. The lowest BCUT2D eigenvalue weighted by molar-refractivity contribution is -0.117. The molecule has 3 aromatic rings. The molecule has 126 valence electrons. The van der Waals surface area contributed by atoms with Gasteiger partial charge in [0.15, 0.2) is 10.8 Å². The Hall–Kier alpha value is -3.44. The summed E-state index contributed by atoms with van der Waals surface area (Å²) in [5.74, 6) is 0.224. The van der Waals surface area contributed by atoms with Gasteiger partial charge in [-0.05, 0) is 42.9 Å². The highest BCUT2D eigenvalue weighted by molar-refractivity contribution is 7.80. The predicted octanol–water partition coefficient (Wildman–Crippen LogP) is 1.77. The summed E-state index contributed by atoms with van der Waals surface area (Å²) in [4.78, 5) is 16.9. The van der Waals surface area contributed by atoms with Crippen LogP contribution in [0.25, 0.3) is 22.8 Å². The van der Waals surface area contributed by atoms with Crippen LogP contribution in [0.4, 0.5) is 0 Å². The van der Waals surface area contributed by atoms with Crippen LogP contribution in [-0.2, 0) is 4.79 Å². The summed E-state index contributed by atoms with van der Waals surface area (Å²) < 4.78 is 7.94. The Morgan fingerprint density at radius 3 is 3.00 bits per heavy atom. The summed E-state index contributed by atoms with van der Waals surface area (Å²) in [7, 11) is 0. The number of benzene rings is 1. The number of imidazole rings is 1. The lowest BCUT2D eigenvalue weighted by atomic mass is 9.99. The molecular weight excluding hydrogens is 350 g/mol. The Morgan fingerprint density at radius 2 is 2.19 bits per heavy atom. The Labute approximate surface area is 152 Å². The van der Waals surface area contributed by atoms with Crippen molar-refractivity contribution < 1.29 is 9.53 Å². The third-order valence-corrected chi connectivity index (χ3v) is 4.89. The number of hydrogen-bond donors (Lipinski definition) is 2. The second-order valence-corrected chi connectivity index (χ2v) is 6.52. The van der Waals surface area contributed by atoms with Gasteiger partial charge in [0, 0.05) is 5.56 Å². The maximum Gasteiger partial charge on any atom is 0.259 e. The first-order chi connectivity index (χ1) is 12.6. The summed E-state index contributed by atoms with van der Waals surface area (Å²) in [5.41, 5.74) is 4.41. The van der Waals surface area contributed by atoms with Crippen LogP contribution in [0.15, 0.2) is 29.8 Å². The summed E-state index contributed by atoms with van der Waals surface area (Å²) in [6.45, 7) is 1.83. The number of nitrogens with one attached hydrogen (secondary N) is 2. The molecule has 1 fully saturated rings. The molecule has 1 saturated heterocycles. The number of hydrogen-bond acceptors (Lipinski definition) is 5. The van der Waals surface area contributed by atoms with Crippen LogP contribution in [0.2, 0.25) is 0 Å². The van der Waals surface area contributed by atoms with Crippen molar-refractivity contribution >= 4 is 46.0 Å². The van der Waals surface area contributed by atoms with E-state index in [0.29, 0.717) is 28.2 Å². The third kappa shape index (κ3) is 1.83. The zero-order valence-corrected chi connectivity index (χ0v) is 14.3. The molecule has 2 aromatic heterocycles. The van der Waals surface area contributed by atoms with Crippen LogP contribution in [0, 0.1) is 18.3 Å². The molecule has 4 heterocycles. The molecule has 1 amide bonds. The van der Waals surface area contributed by atoms with E-state index in [9.17, 15) is 10.1 Å². The highest BCUT2D eigenvalue weighted by Crippen LogP contribution is 2.37. The summed E-state index contributed by atoms with van der Waals surface area (Å²) >= 11 is 5.06. The molecule has 0 aliphatic carbocycles. The quantitative estimate of drug-likeness (QED) is 0.593. The van der Waals surface area contributed by atoms with Gasteiger partial charge in [0.25, 0.3) is 5.91 Å². The van der Waals surface area contributed by atoms with Crippen molar-refractivity contribution in [2.24, 2.45) is 0 Å². The zero-order chi connectivity index (χ0) is 18.0. The van der Waals surface area contributed by atoms with E-state index in [1.54, 1.807) is 6.08 Å². The summed E-state index contributed by atoms with van der Waals surface area (Å²) in [6, 6.07) is 9.83. The van der Waals surface area contributed by atoms with Gasteiger partial charge in [-0.3, -0.25) is 14.5 Å². The number of thiocarbonyl (C=S) groups is 1. The van der Waals surface area contributed by atoms with Crippen molar-refractivity contribution in [2.45, 2.75) is 13.2 Å². The minimum Gasteiger partial charge on any atom is -0.450 e. The first-order valence-corrected chi connectivity index (χ1v) is 8.33. The van der Waals surface area contributed by atoms with Crippen molar-refractivity contribution in [3.05, 3.63) is 46.5 Å². The number of rotatable bonds is 0. The minimum absolute atomic E-state index is 0.220. The van der Waals surface area contributed by atoms with Gasteiger partial charge < -0.3 is 10.1 Å². The van der Waals surface area contributed by atoms with E-state index in [0.717, 1.165) is 16.6 Å². The number of nitriles is 1. The average molecular weight is 361 g/mol. The Morgan fingerprint density at radius 1 is 1.38 bits per heavy atom. The normalized spacial score (nSPS) is 18.3. The first-order valence-electron chi connectivity index (χ1n) is 7.92. The highest BCUT2D eigenvalue weighted by Gasteiger charge is 2.35. The predicted molar refractivity (Wildman–Crippen MR) is 98.4 cm³/mol. The molecule has 1 atom stereocenters. The molecule has 8 heteroatoms. The van der Waals surface area contributed by atoms with E-state index in [4.69, 9.17) is 17.0 Å². The van der Waals surface area contributed by atoms with Crippen LogP contribution < -0.4 is 15.4 Å². The van der Waals surface area contributed by atoms with Crippen LogP contribution >= 0.6 is 12.2 Å². The number of carbonyl (C=O) groups excluding carboxylic acids is 1. The molecule has 2 N–H and O–H groups in total. The topological polar surface area (TPSA) is 91.5 Å². The number of carbonyl (C=O) groups is 1. The number of nitrogens with zero attached hydrogens (tertiary/aromatic N) is 3. The molecule has 0 radical (unpaired) electrons. The van der Waals surface area contributed by atoms with Gasteiger partial charge in [-0.2, -0.15) is 5.26 Å².